The summed E-state index contributed by atoms with van der Waals surface area (Å²) in [5.74, 6) is 0.768. The van der Waals surface area contributed by atoms with Gasteiger partial charge in [0.1, 0.15) is 12.4 Å². The number of ether oxygens (including phenoxy) is 1. The number of benzene rings is 1. The summed E-state index contributed by atoms with van der Waals surface area (Å²) >= 11 is 0. The molecule has 0 saturated heterocycles. The van der Waals surface area contributed by atoms with Gasteiger partial charge >= 0.3 is 6.01 Å². The minimum Gasteiger partial charge on any atom is -0.460 e. The Kier molecular flexibility index (Phi) is 5.09. The van der Waals surface area contributed by atoms with E-state index in [-0.39, 0.29) is 16.5 Å². The monoisotopic (exact) mass is 455 g/mol. The summed E-state index contributed by atoms with van der Waals surface area (Å²) in [4.78, 5) is 8.88. The number of rotatable bonds is 7. The summed E-state index contributed by atoms with van der Waals surface area (Å²) in [6.45, 7) is 2.20. The van der Waals surface area contributed by atoms with Crippen molar-refractivity contribution in [2.45, 2.75) is 61.5 Å². The molecule has 2 atom stereocenters. The Bertz CT molecular complexity index is 1200. The number of nitrogens with two attached hydrogens (primary N) is 1. The molecule has 0 spiro atoms. The van der Waals surface area contributed by atoms with E-state index in [4.69, 9.17) is 9.88 Å². The maximum atomic E-state index is 11.4. The summed E-state index contributed by atoms with van der Waals surface area (Å²) < 4.78 is 31.0. The van der Waals surface area contributed by atoms with Crippen LogP contribution in [0.25, 0.3) is 0 Å². The molecule has 2 aliphatic carbocycles. The van der Waals surface area contributed by atoms with Crippen LogP contribution in [0.15, 0.2) is 47.9 Å². The van der Waals surface area contributed by atoms with E-state index < -0.39 is 10.0 Å². The van der Waals surface area contributed by atoms with Gasteiger partial charge in [-0.05, 0) is 74.8 Å². The first-order valence-electron chi connectivity index (χ1n) is 10.6. The van der Waals surface area contributed by atoms with E-state index in [1.807, 2.05) is 12.4 Å². The van der Waals surface area contributed by atoms with Crippen molar-refractivity contribution in [2.24, 2.45) is 5.14 Å². The van der Waals surface area contributed by atoms with Crippen molar-refractivity contribution in [2.75, 3.05) is 5.32 Å². The van der Waals surface area contributed by atoms with Crippen molar-refractivity contribution in [3.05, 3.63) is 48.5 Å². The molecule has 2 aliphatic rings. The number of sulfonamides is 1. The van der Waals surface area contributed by atoms with Crippen molar-refractivity contribution in [3.63, 3.8) is 0 Å². The average Bonchev–Trinajstić information content (AvgIpc) is 3.16. The molecule has 0 bridgehead atoms. The van der Waals surface area contributed by atoms with Gasteiger partial charge in [-0.2, -0.15) is 0 Å². The third-order valence-corrected chi connectivity index (χ3v) is 7.24. The Hall–Kier alpha value is -3.05. The number of nitrogens with one attached hydrogen (secondary N) is 1. The molecule has 11 heteroatoms. The van der Waals surface area contributed by atoms with E-state index in [2.05, 4.69) is 37.0 Å². The van der Waals surface area contributed by atoms with Crippen molar-refractivity contribution >= 4 is 21.7 Å². The quantitative estimate of drug-likeness (QED) is 0.554. The Morgan fingerprint density at radius 1 is 1.16 bits per heavy atom. The van der Waals surface area contributed by atoms with Crippen LogP contribution in [0.5, 0.6) is 6.01 Å². The number of hydrogen-bond donors (Lipinski definition) is 2. The summed E-state index contributed by atoms with van der Waals surface area (Å²) in [6.07, 6.45) is 10.6. The van der Waals surface area contributed by atoms with Crippen molar-refractivity contribution in [1.29, 1.82) is 0 Å². The standard InChI is InChI=1S/C21H25N7O3S/c1-21(8-9-21)28-13-25-27-20(28)31-17-5-2-14(10-17)15-11-23-19(24-12-15)26-16-3-6-18(7-4-16)32(22,29)30/h3-4,6-7,11-14,17H,2,5,8-10H2,1H3,(H2,22,29,30)(H,23,24,26)/t14-,17+/m1/s1. The Labute approximate surface area is 186 Å². The zero-order chi connectivity index (χ0) is 22.3. The van der Waals surface area contributed by atoms with Gasteiger partial charge in [-0.3, -0.25) is 4.57 Å². The van der Waals surface area contributed by atoms with Crippen LogP contribution in [0.4, 0.5) is 11.6 Å². The van der Waals surface area contributed by atoms with Gasteiger partial charge < -0.3 is 10.1 Å². The molecule has 2 saturated carbocycles. The van der Waals surface area contributed by atoms with E-state index in [1.165, 1.54) is 12.1 Å². The predicted octanol–water partition coefficient (Wildman–Crippen LogP) is 2.68. The van der Waals surface area contributed by atoms with Crippen LogP contribution in [0.1, 0.15) is 50.5 Å². The van der Waals surface area contributed by atoms with Crippen molar-refractivity contribution in [1.82, 2.24) is 24.7 Å². The van der Waals surface area contributed by atoms with Crippen LogP contribution in [-0.4, -0.2) is 39.3 Å². The van der Waals surface area contributed by atoms with E-state index in [0.29, 0.717) is 23.6 Å². The number of hydrogen-bond acceptors (Lipinski definition) is 8. The zero-order valence-electron chi connectivity index (χ0n) is 17.7. The summed E-state index contributed by atoms with van der Waals surface area (Å²) in [5, 5.41) is 16.4. The van der Waals surface area contributed by atoms with Crippen LogP contribution >= 0.6 is 0 Å². The largest absolute Gasteiger partial charge is 0.460 e. The molecule has 1 aromatic carbocycles. The molecule has 0 amide bonds. The Morgan fingerprint density at radius 3 is 2.53 bits per heavy atom. The highest BCUT2D eigenvalue weighted by atomic mass is 32.2. The minimum absolute atomic E-state index is 0.0572. The lowest BCUT2D eigenvalue weighted by molar-refractivity contribution is 0.175. The third-order valence-electron chi connectivity index (χ3n) is 6.31. The van der Waals surface area contributed by atoms with Crippen molar-refractivity contribution < 1.29 is 13.2 Å². The lowest BCUT2D eigenvalue weighted by atomic mass is 10.0. The smallest absolute Gasteiger partial charge is 0.317 e. The van der Waals surface area contributed by atoms with Crippen LogP contribution in [0, 0.1) is 0 Å². The number of nitrogens with zero attached hydrogens (tertiary/aromatic N) is 5. The highest BCUT2D eigenvalue weighted by Gasteiger charge is 2.42. The van der Waals surface area contributed by atoms with Crippen LogP contribution in [0.2, 0.25) is 0 Å². The summed E-state index contributed by atoms with van der Waals surface area (Å²) in [6, 6.07) is 6.73. The average molecular weight is 456 g/mol. The van der Waals surface area contributed by atoms with E-state index >= 15 is 0 Å². The lowest BCUT2D eigenvalue weighted by Gasteiger charge is -2.17. The Morgan fingerprint density at radius 2 is 1.88 bits per heavy atom. The van der Waals surface area contributed by atoms with Gasteiger partial charge in [-0.1, -0.05) is 5.10 Å². The van der Waals surface area contributed by atoms with Crippen LogP contribution in [-0.2, 0) is 15.6 Å². The van der Waals surface area contributed by atoms with Crippen LogP contribution < -0.4 is 15.2 Å². The van der Waals surface area contributed by atoms with E-state index in [0.717, 1.165) is 37.7 Å². The first-order valence-corrected chi connectivity index (χ1v) is 12.1. The second-order valence-corrected chi connectivity index (χ2v) is 10.3. The van der Waals surface area contributed by atoms with Crippen molar-refractivity contribution in [3.8, 4) is 6.01 Å². The van der Waals surface area contributed by atoms with E-state index in [1.54, 1.807) is 18.5 Å². The zero-order valence-corrected chi connectivity index (χ0v) is 18.5. The molecule has 10 nitrogen and oxygen atoms in total. The third kappa shape index (κ3) is 4.30. The summed E-state index contributed by atoms with van der Waals surface area (Å²) in [5.41, 5.74) is 1.85. The fourth-order valence-corrected chi connectivity index (χ4v) is 4.58. The predicted molar refractivity (Wildman–Crippen MR) is 117 cm³/mol. The maximum Gasteiger partial charge on any atom is 0.317 e. The van der Waals surface area contributed by atoms with E-state index in [9.17, 15) is 8.42 Å². The molecule has 2 heterocycles. The van der Waals surface area contributed by atoms with Gasteiger partial charge in [0.05, 0.1) is 4.90 Å². The van der Waals surface area contributed by atoms with Gasteiger partial charge in [0, 0.05) is 23.6 Å². The normalized spacial score (nSPS) is 21.9. The number of anilines is 2. The maximum absolute atomic E-state index is 11.4. The molecule has 0 unspecified atom stereocenters. The minimum atomic E-state index is -3.71. The lowest BCUT2D eigenvalue weighted by Crippen LogP contribution is -2.19. The molecule has 0 radical (unpaired) electrons. The second kappa shape index (κ2) is 7.82. The van der Waals surface area contributed by atoms with Gasteiger partial charge in [0.15, 0.2) is 0 Å². The first kappa shape index (κ1) is 20.8. The second-order valence-electron chi connectivity index (χ2n) is 8.76. The fourth-order valence-electron chi connectivity index (χ4n) is 4.07. The molecule has 5 rings (SSSR count). The van der Waals surface area contributed by atoms with Crippen LogP contribution in [0.3, 0.4) is 0 Å². The van der Waals surface area contributed by atoms with Gasteiger partial charge in [0.25, 0.3) is 0 Å². The number of primary sulfonamides is 1. The fraction of sp³-hybridized carbons (Fsp3) is 0.429. The highest BCUT2D eigenvalue weighted by Crippen LogP contribution is 2.45. The molecular weight excluding hydrogens is 430 g/mol. The van der Waals surface area contributed by atoms with Gasteiger partial charge in [0.2, 0.25) is 16.0 Å². The molecular formula is C21H25N7O3S. The molecule has 3 N–H and O–H groups in total. The molecule has 2 fully saturated rings. The van der Waals surface area contributed by atoms with Gasteiger partial charge in [-0.25, -0.2) is 23.5 Å². The number of aromatic nitrogens is 5. The topological polar surface area (TPSA) is 138 Å². The molecule has 3 aromatic rings. The highest BCUT2D eigenvalue weighted by molar-refractivity contribution is 7.89. The van der Waals surface area contributed by atoms with Gasteiger partial charge in [-0.15, -0.1) is 5.10 Å². The molecule has 32 heavy (non-hydrogen) atoms. The molecule has 0 aliphatic heterocycles. The SMILES string of the molecule is CC1(n2cnnc2O[C@H]2CC[C@@H](c3cnc(Nc4ccc(S(N)(=O)=O)cc4)nc3)C2)CC1. The Balaban J connectivity index is 1.19. The first-order chi connectivity index (χ1) is 15.3. The summed E-state index contributed by atoms with van der Waals surface area (Å²) in [7, 11) is -3.71. The molecule has 2 aromatic heterocycles. The molecule has 168 valence electrons.